The Morgan fingerprint density at radius 1 is 1.27 bits per heavy atom. The number of aromatic nitrogens is 3. The number of amides is 2. The largest absolute Gasteiger partial charge is 0.338 e. The van der Waals surface area contributed by atoms with E-state index in [-0.39, 0.29) is 11.8 Å². The molecule has 2 saturated heterocycles. The fourth-order valence-corrected chi connectivity index (χ4v) is 4.47. The number of hydrogen-bond acceptors (Lipinski definition) is 6. The average Bonchev–Trinajstić information content (AvgIpc) is 3.21. The highest BCUT2D eigenvalue weighted by molar-refractivity contribution is 7.05. The normalized spacial score (nSPS) is 23.0. The molecular weight excluding hydrogens is 350 g/mol. The Hall–Kier alpha value is -2.35. The van der Waals surface area contributed by atoms with Gasteiger partial charge in [0.1, 0.15) is 0 Å². The van der Waals surface area contributed by atoms with E-state index in [0.717, 1.165) is 36.2 Å². The van der Waals surface area contributed by atoms with Crippen LogP contribution < -0.4 is 0 Å². The van der Waals surface area contributed by atoms with Crippen LogP contribution in [-0.4, -0.2) is 55.8 Å². The van der Waals surface area contributed by atoms with Gasteiger partial charge in [-0.3, -0.25) is 14.6 Å². The van der Waals surface area contributed by atoms with Crippen molar-refractivity contribution in [3.8, 4) is 0 Å². The van der Waals surface area contributed by atoms with Crippen molar-refractivity contribution < 1.29 is 9.59 Å². The first kappa shape index (κ1) is 17.1. The second-order valence-electron chi connectivity index (χ2n) is 7.12. The molecule has 4 rings (SSSR count). The van der Waals surface area contributed by atoms with Crippen LogP contribution in [0.2, 0.25) is 0 Å². The Kier molecular flexibility index (Phi) is 4.44. The maximum absolute atomic E-state index is 13.2. The topological polar surface area (TPSA) is 79.3 Å². The summed E-state index contributed by atoms with van der Waals surface area (Å²) >= 11 is 1.23. The summed E-state index contributed by atoms with van der Waals surface area (Å²) in [4.78, 5) is 34.5. The second kappa shape index (κ2) is 6.75. The molecule has 4 heterocycles. The fraction of sp³-hybridized carbons (Fsp3) is 0.500. The molecule has 2 aromatic heterocycles. The van der Waals surface area contributed by atoms with Crippen molar-refractivity contribution in [2.45, 2.75) is 32.7 Å². The Bertz CT molecular complexity index is 824. The first-order valence-electron chi connectivity index (χ1n) is 8.86. The molecule has 2 amide bonds. The molecule has 0 bridgehead atoms. The average molecular weight is 371 g/mol. The molecule has 8 heteroatoms. The molecule has 0 N–H and O–H groups in total. The van der Waals surface area contributed by atoms with Gasteiger partial charge >= 0.3 is 0 Å². The number of likely N-dealkylation sites (tertiary alicyclic amines) is 2. The molecule has 2 fully saturated rings. The SMILES string of the molecule is Cc1snnc1C(=O)N1CCCC2(CCN(Cc3ccncc3)C2=O)C1. The zero-order valence-corrected chi connectivity index (χ0v) is 15.5. The highest BCUT2D eigenvalue weighted by atomic mass is 32.1. The number of pyridine rings is 1. The molecule has 0 aromatic carbocycles. The molecular formula is C18H21N5O2S. The highest BCUT2D eigenvalue weighted by Gasteiger charge is 2.49. The van der Waals surface area contributed by atoms with Crippen LogP contribution >= 0.6 is 11.5 Å². The Balaban J connectivity index is 1.49. The van der Waals surface area contributed by atoms with Crippen LogP contribution in [0.3, 0.4) is 0 Å². The van der Waals surface area contributed by atoms with Crippen molar-refractivity contribution in [2.24, 2.45) is 5.41 Å². The van der Waals surface area contributed by atoms with Crippen LogP contribution in [0, 0.1) is 12.3 Å². The van der Waals surface area contributed by atoms with Gasteiger partial charge in [0.2, 0.25) is 5.91 Å². The van der Waals surface area contributed by atoms with Crippen molar-refractivity contribution in [1.82, 2.24) is 24.4 Å². The Labute approximate surface area is 156 Å². The van der Waals surface area contributed by atoms with Crippen LogP contribution in [0.5, 0.6) is 0 Å². The molecule has 2 aliphatic rings. The summed E-state index contributed by atoms with van der Waals surface area (Å²) in [6.45, 7) is 4.35. The minimum atomic E-state index is -0.446. The number of piperidine rings is 1. The van der Waals surface area contributed by atoms with Gasteiger partial charge in [-0.05, 0) is 55.4 Å². The molecule has 1 atom stereocenters. The van der Waals surface area contributed by atoms with Crippen molar-refractivity contribution in [3.05, 3.63) is 40.7 Å². The maximum atomic E-state index is 13.2. The molecule has 7 nitrogen and oxygen atoms in total. The Morgan fingerprint density at radius 3 is 2.81 bits per heavy atom. The van der Waals surface area contributed by atoms with Gasteiger partial charge in [0.15, 0.2) is 5.69 Å². The van der Waals surface area contributed by atoms with E-state index in [0.29, 0.717) is 25.3 Å². The molecule has 1 spiro atoms. The molecule has 2 aliphatic heterocycles. The van der Waals surface area contributed by atoms with E-state index in [1.165, 1.54) is 11.5 Å². The zero-order valence-electron chi connectivity index (χ0n) is 14.7. The van der Waals surface area contributed by atoms with Gasteiger partial charge in [-0.2, -0.15) is 0 Å². The summed E-state index contributed by atoms with van der Waals surface area (Å²) in [5.41, 5.74) is 1.06. The number of carbonyl (C=O) groups excluding carboxylic acids is 2. The smallest absolute Gasteiger partial charge is 0.275 e. The van der Waals surface area contributed by atoms with Gasteiger partial charge in [-0.1, -0.05) is 4.49 Å². The fourth-order valence-electron chi connectivity index (χ4n) is 4.02. The van der Waals surface area contributed by atoms with Crippen molar-refractivity contribution in [1.29, 1.82) is 0 Å². The van der Waals surface area contributed by atoms with Gasteiger partial charge in [0, 0.05) is 38.6 Å². The van der Waals surface area contributed by atoms with E-state index in [2.05, 4.69) is 14.6 Å². The van der Waals surface area contributed by atoms with Crippen LogP contribution in [-0.2, 0) is 11.3 Å². The van der Waals surface area contributed by atoms with Crippen molar-refractivity contribution in [3.63, 3.8) is 0 Å². The van der Waals surface area contributed by atoms with Gasteiger partial charge in [0.05, 0.1) is 10.3 Å². The van der Waals surface area contributed by atoms with Crippen LogP contribution in [0.25, 0.3) is 0 Å². The summed E-state index contributed by atoms with van der Waals surface area (Å²) in [5, 5.41) is 3.97. The third-order valence-corrected chi connectivity index (χ3v) is 6.07. The predicted octanol–water partition coefficient (Wildman–Crippen LogP) is 1.90. The van der Waals surface area contributed by atoms with Crippen LogP contribution in [0.15, 0.2) is 24.5 Å². The minimum absolute atomic E-state index is 0.101. The summed E-state index contributed by atoms with van der Waals surface area (Å²) in [6, 6.07) is 3.87. The van der Waals surface area contributed by atoms with Crippen LogP contribution in [0.1, 0.15) is 40.2 Å². The molecule has 0 aliphatic carbocycles. The van der Waals surface area contributed by atoms with Crippen molar-refractivity contribution in [2.75, 3.05) is 19.6 Å². The summed E-state index contributed by atoms with van der Waals surface area (Å²) in [7, 11) is 0. The quantitative estimate of drug-likeness (QED) is 0.823. The lowest BCUT2D eigenvalue weighted by Gasteiger charge is -2.38. The molecule has 26 heavy (non-hydrogen) atoms. The number of aryl methyl sites for hydroxylation is 1. The second-order valence-corrected chi connectivity index (χ2v) is 8.08. The minimum Gasteiger partial charge on any atom is -0.338 e. The molecule has 1 unspecified atom stereocenters. The maximum Gasteiger partial charge on any atom is 0.275 e. The van der Waals surface area contributed by atoms with Gasteiger partial charge in [0.25, 0.3) is 5.91 Å². The lowest BCUT2D eigenvalue weighted by Crippen LogP contribution is -2.50. The van der Waals surface area contributed by atoms with E-state index >= 15 is 0 Å². The number of nitrogens with zero attached hydrogens (tertiary/aromatic N) is 5. The van der Waals surface area contributed by atoms with E-state index < -0.39 is 5.41 Å². The zero-order chi connectivity index (χ0) is 18.1. The monoisotopic (exact) mass is 371 g/mol. The van der Waals surface area contributed by atoms with Gasteiger partial charge in [-0.25, -0.2) is 0 Å². The number of rotatable bonds is 3. The lowest BCUT2D eigenvalue weighted by molar-refractivity contribution is -0.138. The third-order valence-electron chi connectivity index (χ3n) is 5.44. The van der Waals surface area contributed by atoms with E-state index in [4.69, 9.17) is 0 Å². The molecule has 136 valence electrons. The molecule has 0 radical (unpaired) electrons. The molecule has 0 saturated carbocycles. The van der Waals surface area contributed by atoms with Crippen LogP contribution in [0.4, 0.5) is 0 Å². The van der Waals surface area contributed by atoms with Gasteiger partial charge < -0.3 is 9.80 Å². The van der Waals surface area contributed by atoms with Gasteiger partial charge in [-0.15, -0.1) is 5.10 Å². The third kappa shape index (κ3) is 2.98. The number of hydrogen-bond donors (Lipinski definition) is 0. The first-order chi connectivity index (χ1) is 12.6. The number of carbonyl (C=O) groups is 2. The summed E-state index contributed by atoms with van der Waals surface area (Å²) < 4.78 is 3.86. The first-order valence-corrected chi connectivity index (χ1v) is 9.63. The molecule has 2 aromatic rings. The highest BCUT2D eigenvalue weighted by Crippen LogP contribution is 2.41. The lowest BCUT2D eigenvalue weighted by atomic mass is 9.78. The predicted molar refractivity (Wildman–Crippen MR) is 96.5 cm³/mol. The Morgan fingerprint density at radius 2 is 2.08 bits per heavy atom. The summed E-state index contributed by atoms with van der Waals surface area (Å²) in [6.07, 6.45) is 5.98. The summed E-state index contributed by atoms with van der Waals surface area (Å²) in [5.74, 6) is 0.0654. The van der Waals surface area contributed by atoms with E-state index in [1.54, 1.807) is 17.3 Å². The van der Waals surface area contributed by atoms with E-state index in [9.17, 15) is 9.59 Å². The van der Waals surface area contributed by atoms with Crippen molar-refractivity contribution >= 4 is 23.3 Å². The standard InChI is InChI=1S/C18H21N5O2S/c1-13-15(20-21-26-13)16(24)23-9-2-5-18(12-23)6-10-22(17(18)25)11-14-3-7-19-8-4-14/h3-4,7-8H,2,5-6,9-12H2,1H3. The van der Waals surface area contributed by atoms with E-state index in [1.807, 2.05) is 24.0 Å².